The van der Waals surface area contributed by atoms with Gasteiger partial charge in [0, 0.05) is 40.1 Å². The Morgan fingerprint density at radius 1 is 0.625 bits per heavy atom. The van der Waals surface area contributed by atoms with Crippen molar-refractivity contribution >= 4 is 0 Å². The predicted molar refractivity (Wildman–Crippen MR) is 165 cm³/mol. The molecular weight excluding hydrogens is 490 g/mol. The summed E-state index contributed by atoms with van der Waals surface area (Å²) in [4.78, 5) is 10.1. The molecule has 4 heterocycles. The van der Waals surface area contributed by atoms with Crippen molar-refractivity contribution in [1.29, 1.82) is 0 Å². The van der Waals surface area contributed by atoms with Crippen LogP contribution in [0.3, 0.4) is 0 Å². The zero-order valence-electron chi connectivity index (χ0n) is 24.7. The third-order valence-corrected chi connectivity index (χ3v) is 7.85. The Morgan fingerprint density at radius 3 is 1.70 bits per heavy atom. The van der Waals surface area contributed by atoms with Gasteiger partial charge >= 0.3 is 0 Å². The Kier molecular flexibility index (Phi) is 8.04. The van der Waals surface area contributed by atoms with Crippen LogP contribution in [0.4, 0.5) is 0 Å². The van der Waals surface area contributed by atoms with Gasteiger partial charge < -0.3 is 14.9 Å². The lowest BCUT2D eigenvalue weighted by atomic mass is 9.91. The molecule has 0 bridgehead atoms. The molecule has 5 aromatic rings. The van der Waals surface area contributed by atoms with E-state index < -0.39 is 0 Å². The highest BCUT2D eigenvalue weighted by Gasteiger charge is 2.15. The molecule has 2 N–H and O–H groups in total. The van der Waals surface area contributed by atoms with Gasteiger partial charge in [-0.15, -0.1) is 0 Å². The third kappa shape index (κ3) is 5.95. The van der Waals surface area contributed by atoms with Gasteiger partial charge in [-0.2, -0.15) is 0 Å². The number of nitrogens with two attached hydrogens (primary N) is 1. The van der Waals surface area contributed by atoms with Gasteiger partial charge in [0.15, 0.2) is 0 Å². The highest BCUT2D eigenvalue weighted by molar-refractivity contribution is 5.38. The molecule has 0 saturated carbocycles. The van der Waals surface area contributed by atoms with Crippen LogP contribution in [0.2, 0.25) is 0 Å². The molecule has 0 saturated heterocycles. The van der Waals surface area contributed by atoms with Crippen molar-refractivity contribution < 1.29 is 0 Å². The first-order valence-corrected chi connectivity index (χ1v) is 14.3. The quantitative estimate of drug-likeness (QED) is 0.223. The summed E-state index contributed by atoms with van der Waals surface area (Å²) in [5, 5.41) is 0. The molecule has 0 aliphatic rings. The van der Waals surface area contributed by atoms with Crippen LogP contribution in [-0.2, 0) is 19.3 Å². The van der Waals surface area contributed by atoms with Crippen LogP contribution in [-0.4, -0.2) is 25.6 Å². The van der Waals surface area contributed by atoms with Crippen molar-refractivity contribution in [2.24, 2.45) is 5.73 Å². The fourth-order valence-corrected chi connectivity index (χ4v) is 5.83. The Hall–Kier alpha value is -3.96. The number of nitrogens with zero attached hydrogens (tertiary/aromatic N) is 4. The first-order valence-electron chi connectivity index (χ1n) is 14.3. The molecule has 0 aliphatic heterocycles. The van der Waals surface area contributed by atoms with Crippen molar-refractivity contribution in [2.45, 2.75) is 66.7 Å². The van der Waals surface area contributed by atoms with E-state index in [9.17, 15) is 0 Å². The molecule has 0 amide bonds. The maximum absolute atomic E-state index is 6.35. The number of aryl methyl sites for hydroxylation is 8. The topological polar surface area (TPSA) is 61.7 Å². The van der Waals surface area contributed by atoms with E-state index in [1.807, 2.05) is 0 Å². The Bertz CT molecular complexity index is 1600. The van der Waals surface area contributed by atoms with Crippen LogP contribution in [0.1, 0.15) is 62.3 Å². The van der Waals surface area contributed by atoms with Crippen molar-refractivity contribution in [3.05, 3.63) is 129 Å². The maximum atomic E-state index is 6.35. The number of rotatable bonds is 9. The minimum Gasteiger partial charge on any atom is -0.330 e. The summed E-state index contributed by atoms with van der Waals surface area (Å²) in [6.45, 7) is 13.4. The summed E-state index contributed by atoms with van der Waals surface area (Å²) in [7, 11) is 0. The van der Waals surface area contributed by atoms with E-state index in [-0.39, 0.29) is 5.92 Å². The average molecular weight is 532 g/mol. The van der Waals surface area contributed by atoms with E-state index in [1.165, 1.54) is 45.0 Å². The van der Waals surface area contributed by atoms with Crippen LogP contribution >= 0.6 is 0 Å². The summed E-state index contributed by atoms with van der Waals surface area (Å²) >= 11 is 0. The molecule has 5 rings (SSSR count). The lowest BCUT2D eigenvalue weighted by Crippen LogP contribution is -2.16. The second-order valence-corrected chi connectivity index (χ2v) is 11.3. The zero-order chi connectivity index (χ0) is 28.4. The number of hydrogen-bond donors (Lipinski definition) is 1. The van der Waals surface area contributed by atoms with Crippen LogP contribution in [0.5, 0.6) is 0 Å². The molecule has 0 spiro atoms. The summed E-state index contributed by atoms with van der Waals surface area (Å²) < 4.78 is 4.45. The highest BCUT2D eigenvalue weighted by atomic mass is 15.1. The molecule has 0 radical (unpaired) electrons. The number of benzene rings is 1. The van der Waals surface area contributed by atoms with Gasteiger partial charge in [-0.05, 0) is 138 Å². The fraction of sp³-hybridized carbons (Fsp3) is 0.314. The maximum Gasteiger partial charge on any atom is 0.137 e. The standard InChI is InChI=1S/C35H41N5/c1-23-16-32(37-34(18-23)39-25(3)10-11-26(39)4)15-14-29-8-7-9-30(20-29)31(22-36)21-33-17-24(2)19-35(38-33)40-27(5)12-13-28(40)6/h7-13,16-20,31H,14-15,21-22,36H2,1-6H3. The smallest absolute Gasteiger partial charge is 0.137 e. The first kappa shape index (κ1) is 27.6. The van der Waals surface area contributed by atoms with Gasteiger partial charge in [0.25, 0.3) is 0 Å². The van der Waals surface area contributed by atoms with Gasteiger partial charge in [0.1, 0.15) is 11.6 Å². The van der Waals surface area contributed by atoms with Crippen LogP contribution in [0.15, 0.2) is 72.8 Å². The second kappa shape index (κ2) is 11.6. The van der Waals surface area contributed by atoms with Gasteiger partial charge in [-0.25, -0.2) is 9.97 Å². The van der Waals surface area contributed by atoms with Crippen molar-refractivity contribution in [2.75, 3.05) is 6.54 Å². The molecule has 1 unspecified atom stereocenters. The monoisotopic (exact) mass is 531 g/mol. The lowest BCUT2D eigenvalue weighted by Gasteiger charge is -2.18. The minimum absolute atomic E-state index is 0.206. The molecule has 5 heteroatoms. The van der Waals surface area contributed by atoms with Crippen LogP contribution in [0, 0.1) is 41.5 Å². The summed E-state index contributed by atoms with van der Waals surface area (Å²) in [5.41, 5.74) is 18.4. The molecule has 5 nitrogen and oxygen atoms in total. The largest absolute Gasteiger partial charge is 0.330 e. The minimum atomic E-state index is 0.206. The molecule has 206 valence electrons. The third-order valence-electron chi connectivity index (χ3n) is 7.85. The van der Waals surface area contributed by atoms with Crippen LogP contribution in [0.25, 0.3) is 11.6 Å². The van der Waals surface area contributed by atoms with Gasteiger partial charge in [0.2, 0.25) is 0 Å². The van der Waals surface area contributed by atoms with E-state index in [4.69, 9.17) is 15.7 Å². The Morgan fingerprint density at radius 2 is 1.15 bits per heavy atom. The van der Waals surface area contributed by atoms with E-state index in [0.29, 0.717) is 6.54 Å². The van der Waals surface area contributed by atoms with Crippen LogP contribution < -0.4 is 5.73 Å². The van der Waals surface area contributed by atoms with Crippen molar-refractivity contribution in [3.8, 4) is 11.6 Å². The van der Waals surface area contributed by atoms with Crippen molar-refractivity contribution in [1.82, 2.24) is 19.1 Å². The average Bonchev–Trinajstić information content (AvgIpc) is 3.44. The fourth-order valence-electron chi connectivity index (χ4n) is 5.83. The molecule has 0 aliphatic carbocycles. The predicted octanol–water partition coefficient (Wildman–Crippen LogP) is 6.98. The van der Waals surface area contributed by atoms with E-state index in [0.717, 1.165) is 42.3 Å². The van der Waals surface area contributed by atoms with Gasteiger partial charge in [-0.3, -0.25) is 0 Å². The SMILES string of the molecule is Cc1cc(CCc2cccc(C(CN)Cc3cc(C)cc(-n4c(C)ccc4C)n3)c2)nc(-n2c(C)ccc2C)c1. The van der Waals surface area contributed by atoms with E-state index in [1.54, 1.807) is 0 Å². The number of aromatic nitrogens is 4. The first-order chi connectivity index (χ1) is 19.2. The molecule has 1 aromatic carbocycles. The molecule has 0 fully saturated rings. The second-order valence-electron chi connectivity index (χ2n) is 11.3. The highest BCUT2D eigenvalue weighted by Crippen LogP contribution is 2.24. The normalized spacial score (nSPS) is 12.2. The van der Waals surface area contributed by atoms with E-state index >= 15 is 0 Å². The summed E-state index contributed by atoms with van der Waals surface area (Å²) in [6.07, 6.45) is 2.64. The van der Waals surface area contributed by atoms with Gasteiger partial charge in [0.05, 0.1) is 0 Å². The van der Waals surface area contributed by atoms with E-state index in [2.05, 4.69) is 123 Å². The summed E-state index contributed by atoms with van der Waals surface area (Å²) in [5.74, 6) is 2.19. The van der Waals surface area contributed by atoms with Gasteiger partial charge in [-0.1, -0.05) is 24.3 Å². The van der Waals surface area contributed by atoms with Crippen molar-refractivity contribution in [3.63, 3.8) is 0 Å². The number of hydrogen-bond acceptors (Lipinski definition) is 3. The molecular formula is C35H41N5. The Balaban J connectivity index is 1.34. The molecule has 1 atom stereocenters. The lowest BCUT2D eigenvalue weighted by molar-refractivity contribution is 0.677. The Labute approximate surface area is 238 Å². The number of pyridine rings is 2. The zero-order valence-corrected chi connectivity index (χ0v) is 24.7. The molecule has 4 aromatic heterocycles. The molecule has 40 heavy (non-hydrogen) atoms. The summed E-state index contributed by atoms with van der Waals surface area (Å²) in [6, 6.07) is 26.2.